The van der Waals surface area contributed by atoms with Crippen LogP contribution in [0.15, 0.2) is 59.5 Å². The van der Waals surface area contributed by atoms with Crippen LogP contribution in [0.3, 0.4) is 0 Å². The lowest BCUT2D eigenvalue weighted by atomic mass is 10.1. The summed E-state index contributed by atoms with van der Waals surface area (Å²) < 4.78 is 32.1. The smallest absolute Gasteiger partial charge is 0.308 e. The van der Waals surface area contributed by atoms with E-state index in [0.29, 0.717) is 5.56 Å². The number of hydrogen-bond donors (Lipinski definition) is 3. The number of ether oxygens (including phenoxy) is 1. The quantitative estimate of drug-likeness (QED) is 0.286. The molecule has 0 aromatic heterocycles. The van der Waals surface area contributed by atoms with Gasteiger partial charge in [-0.2, -0.15) is 4.72 Å². The largest absolute Gasteiger partial charge is 0.427 e. The predicted molar refractivity (Wildman–Crippen MR) is 91.9 cm³/mol. The number of amides is 1. The summed E-state index contributed by atoms with van der Waals surface area (Å²) in [5.41, 5.74) is 2.18. The average Bonchev–Trinajstić information content (AvgIpc) is 2.61. The van der Waals surface area contributed by atoms with Gasteiger partial charge in [-0.1, -0.05) is 30.3 Å². The number of nitrogens with one attached hydrogen (secondary N) is 2. The fourth-order valence-electron chi connectivity index (χ4n) is 2.22. The van der Waals surface area contributed by atoms with E-state index in [1.807, 2.05) is 0 Å². The summed E-state index contributed by atoms with van der Waals surface area (Å²) in [5, 5.41) is 8.89. The number of hydrogen-bond acceptors (Lipinski definition) is 6. The maximum absolute atomic E-state index is 12.5. The Morgan fingerprint density at radius 3 is 2.23 bits per heavy atom. The Hall–Kier alpha value is -2.75. The fourth-order valence-corrected chi connectivity index (χ4v) is 3.42. The highest BCUT2D eigenvalue weighted by Gasteiger charge is 2.26. The van der Waals surface area contributed by atoms with E-state index in [1.165, 1.54) is 36.7 Å². The van der Waals surface area contributed by atoms with Gasteiger partial charge in [-0.25, -0.2) is 13.9 Å². The third-order valence-electron chi connectivity index (χ3n) is 3.40. The van der Waals surface area contributed by atoms with Crippen LogP contribution >= 0.6 is 0 Å². The second kappa shape index (κ2) is 8.56. The molecule has 0 aliphatic heterocycles. The molecule has 0 aliphatic carbocycles. The minimum absolute atomic E-state index is 0.0536. The first kappa shape index (κ1) is 19.6. The van der Waals surface area contributed by atoms with Gasteiger partial charge in [0.2, 0.25) is 10.0 Å². The van der Waals surface area contributed by atoms with Crippen LogP contribution < -0.4 is 14.9 Å². The van der Waals surface area contributed by atoms with Crippen molar-refractivity contribution in [2.45, 2.75) is 24.3 Å². The molecule has 0 bridgehead atoms. The number of sulfonamides is 1. The van der Waals surface area contributed by atoms with Crippen molar-refractivity contribution in [2.75, 3.05) is 0 Å². The zero-order valence-electron chi connectivity index (χ0n) is 13.9. The lowest BCUT2D eigenvalue weighted by Gasteiger charge is -2.17. The molecule has 3 N–H and O–H groups in total. The van der Waals surface area contributed by atoms with Gasteiger partial charge in [0.1, 0.15) is 11.8 Å². The van der Waals surface area contributed by atoms with Crippen molar-refractivity contribution >= 4 is 21.9 Å². The van der Waals surface area contributed by atoms with Crippen molar-refractivity contribution in [1.82, 2.24) is 10.2 Å². The molecule has 0 saturated carbocycles. The van der Waals surface area contributed by atoms with Crippen LogP contribution in [0.4, 0.5) is 0 Å². The molecule has 26 heavy (non-hydrogen) atoms. The molecule has 2 aromatic rings. The highest BCUT2D eigenvalue weighted by molar-refractivity contribution is 7.89. The van der Waals surface area contributed by atoms with Gasteiger partial charge >= 0.3 is 5.97 Å². The summed E-state index contributed by atoms with van der Waals surface area (Å²) in [6.45, 7) is 1.23. The van der Waals surface area contributed by atoms with Gasteiger partial charge in [-0.05, 0) is 36.2 Å². The minimum Gasteiger partial charge on any atom is -0.427 e. The number of carbonyl (C=O) groups excluding carboxylic acids is 2. The van der Waals surface area contributed by atoms with Crippen LogP contribution in [0.1, 0.15) is 12.5 Å². The molecule has 0 fully saturated rings. The molecule has 0 radical (unpaired) electrons. The summed E-state index contributed by atoms with van der Waals surface area (Å²) in [4.78, 5) is 22.6. The molecule has 1 atom stereocenters. The first-order valence-electron chi connectivity index (χ1n) is 7.60. The highest BCUT2D eigenvalue weighted by atomic mass is 32.2. The van der Waals surface area contributed by atoms with Gasteiger partial charge in [0.05, 0.1) is 4.90 Å². The molecule has 2 rings (SSSR count). The Bertz CT molecular complexity index is 866. The van der Waals surface area contributed by atoms with Crippen LogP contribution in [0.2, 0.25) is 0 Å². The second-order valence-electron chi connectivity index (χ2n) is 5.40. The number of carbonyl (C=O) groups is 2. The van der Waals surface area contributed by atoms with E-state index in [4.69, 9.17) is 9.94 Å². The number of esters is 1. The van der Waals surface area contributed by atoms with Crippen LogP contribution in [0, 0.1) is 0 Å². The zero-order valence-corrected chi connectivity index (χ0v) is 14.7. The second-order valence-corrected chi connectivity index (χ2v) is 7.12. The molecule has 1 amide bonds. The molecule has 0 saturated heterocycles. The third-order valence-corrected chi connectivity index (χ3v) is 4.89. The van der Waals surface area contributed by atoms with Crippen LogP contribution in [0.25, 0.3) is 0 Å². The lowest BCUT2D eigenvalue weighted by Crippen LogP contribution is -2.47. The summed E-state index contributed by atoms with van der Waals surface area (Å²) in [5.74, 6) is -1.21. The first-order chi connectivity index (χ1) is 12.3. The van der Waals surface area contributed by atoms with Gasteiger partial charge in [0.25, 0.3) is 5.91 Å². The van der Waals surface area contributed by atoms with E-state index in [0.717, 1.165) is 0 Å². The van der Waals surface area contributed by atoms with E-state index >= 15 is 0 Å². The van der Waals surface area contributed by atoms with Gasteiger partial charge in [0.15, 0.2) is 0 Å². The van der Waals surface area contributed by atoms with Crippen molar-refractivity contribution in [3.8, 4) is 5.75 Å². The van der Waals surface area contributed by atoms with Crippen molar-refractivity contribution in [3.63, 3.8) is 0 Å². The van der Waals surface area contributed by atoms with Gasteiger partial charge in [-0.15, -0.1) is 0 Å². The summed E-state index contributed by atoms with van der Waals surface area (Å²) in [6, 6.07) is 12.7. The normalized spacial score (nSPS) is 12.2. The van der Waals surface area contributed by atoms with Crippen LogP contribution in [-0.4, -0.2) is 31.5 Å². The highest BCUT2D eigenvalue weighted by Crippen LogP contribution is 2.17. The van der Waals surface area contributed by atoms with E-state index in [-0.39, 0.29) is 17.1 Å². The summed E-state index contributed by atoms with van der Waals surface area (Å²) in [7, 11) is -4.04. The van der Waals surface area contributed by atoms with Gasteiger partial charge in [0, 0.05) is 6.92 Å². The topological polar surface area (TPSA) is 122 Å². The van der Waals surface area contributed by atoms with E-state index in [2.05, 4.69) is 4.72 Å². The fraction of sp³-hybridized carbons (Fsp3) is 0.176. The molecule has 0 heterocycles. The Morgan fingerprint density at radius 1 is 1.08 bits per heavy atom. The molecule has 0 aliphatic rings. The summed E-state index contributed by atoms with van der Waals surface area (Å²) in [6.07, 6.45) is 0.0536. The van der Waals surface area contributed by atoms with Crippen LogP contribution in [-0.2, 0) is 26.0 Å². The molecule has 2 aromatic carbocycles. The monoisotopic (exact) mass is 378 g/mol. The average molecular weight is 378 g/mol. The minimum atomic E-state index is -4.04. The Balaban J connectivity index is 2.19. The molecular formula is C17H18N2O6S. The Morgan fingerprint density at radius 2 is 1.69 bits per heavy atom. The van der Waals surface area contributed by atoms with Crippen LogP contribution in [0.5, 0.6) is 5.75 Å². The SMILES string of the molecule is CC(=O)Oc1ccc(S(=O)(=O)NC(Cc2ccccc2)C(=O)NO)cc1. The van der Waals surface area contributed by atoms with Crippen molar-refractivity contribution in [3.05, 3.63) is 60.2 Å². The molecule has 138 valence electrons. The molecule has 9 heteroatoms. The number of hydroxylamine groups is 1. The molecule has 1 unspecified atom stereocenters. The van der Waals surface area contributed by atoms with Crippen molar-refractivity contribution in [1.29, 1.82) is 0 Å². The third kappa shape index (κ3) is 5.38. The first-order valence-corrected chi connectivity index (χ1v) is 9.09. The molecule has 8 nitrogen and oxygen atoms in total. The van der Waals surface area contributed by atoms with E-state index in [1.54, 1.807) is 30.3 Å². The summed E-state index contributed by atoms with van der Waals surface area (Å²) >= 11 is 0. The molecule has 0 spiro atoms. The Kier molecular flexibility index (Phi) is 6.45. The van der Waals surface area contributed by atoms with E-state index < -0.39 is 27.9 Å². The number of rotatable bonds is 7. The maximum atomic E-state index is 12.5. The van der Waals surface area contributed by atoms with Crippen molar-refractivity contribution in [2.24, 2.45) is 0 Å². The number of benzene rings is 2. The Labute approximate surface area is 150 Å². The zero-order chi connectivity index (χ0) is 19.2. The van der Waals surface area contributed by atoms with Crippen molar-refractivity contribution < 1.29 is 28.0 Å². The molecular weight excluding hydrogens is 360 g/mol. The predicted octanol–water partition coefficient (Wildman–Crippen LogP) is 1.01. The van der Waals surface area contributed by atoms with E-state index in [9.17, 15) is 18.0 Å². The lowest BCUT2D eigenvalue weighted by molar-refractivity contribution is -0.132. The van der Waals surface area contributed by atoms with Gasteiger partial charge < -0.3 is 4.74 Å². The van der Waals surface area contributed by atoms with Gasteiger partial charge in [-0.3, -0.25) is 14.8 Å². The maximum Gasteiger partial charge on any atom is 0.308 e. The standard InChI is InChI=1S/C17H18N2O6S/c1-12(20)25-14-7-9-15(10-8-14)26(23,24)19-16(17(21)18-22)11-13-5-3-2-4-6-13/h2-10,16,19,22H,11H2,1H3,(H,18,21).